The maximum absolute atomic E-state index is 4.52. The predicted octanol–water partition coefficient (Wildman–Crippen LogP) is 3.50. The Bertz CT molecular complexity index is 610. The molecule has 6 nitrogen and oxygen atoms in total. The van der Waals surface area contributed by atoms with E-state index in [-0.39, 0.29) is 5.92 Å². The molecule has 0 aliphatic carbocycles. The monoisotopic (exact) mass is 328 g/mol. The molecule has 0 fully saturated rings. The number of anilines is 3. The summed E-state index contributed by atoms with van der Waals surface area (Å²) in [5, 5.41) is 6.68. The van der Waals surface area contributed by atoms with Gasteiger partial charge in [-0.15, -0.1) is 0 Å². The van der Waals surface area contributed by atoms with Gasteiger partial charge in [0, 0.05) is 38.8 Å². The Morgan fingerprint density at radius 1 is 1.00 bits per heavy atom. The number of nitrogens with zero attached hydrogens (tertiary/aromatic N) is 4. The van der Waals surface area contributed by atoms with Gasteiger partial charge in [-0.05, 0) is 24.1 Å². The van der Waals surface area contributed by atoms with Gasteiger partial charge in [0.1, 0.15) is 5.82 Å². The quantitative estimate of drug-likeness (QED) is 0.773. The second-order valence-electron chi connectivity index (χ2n) is 6.34. The molecule has 0 atom stereocenters. The zero-order valence-corrected chi connectivity index (χ0v) is 15.3. The Morgan fingerprint density at radius 3 is 2.29 bits per heavy atom. The first-order chi connectivity index (χ1) is 11.5. The zero-order valence-electron chi connectivity index (χ0n) is 15.3. The molecule has 6 heteroatoms. The van der Waals surface area contributed by atoms with Crippen LogP contribution in [0.5, 0.6) is 0 Å². The number of hydrogen-bond donors (Lipinski definition) is 2. The van der Waals surface area contributed by atoms with E-state index in [1.807, 2.05) is 19.0 Å². The molecule has 0 aliphatic rings. The van der Waals surface area contributed by atoms with E-state index in [2.05, 4.69) is 70.6 Å². The predicted molar refractivity (Wildman–Crippen MR) is 101 cm³/mol. The summed E-state index contributed by atoms with van der Waals surface area (Å²) in [4.78, 5) is 15.4. The van der Waals surface area contributed by atoms with Gasteiger partial charge in [0.2, 0.25) is 11.9 Å². The summed E-state index contributed by atoms with van der Waals surface area (Å²) < 4.78 is 0. The van der Waals surface area contributed by atoms with Gasteiger partial charge >= 0.3 is 0 Å². The molecule has 0 bridgehead atoms. The van der Waals surface area contributed by atoms with E-state index < -0.39 is 0 Å². The third-order valence-corrected chi connectivity index (χ3v) is 3.54. The van der Waals surface area contributed by atoms with E-state index >= 15 is 0 Å². The first-order valence-electron chi connectivity index (χ1n) is 8.49. The summed E-state index contributed by atoms with van der Waals surface area (Å²) in [7, 11) is 3.87. The van der Waals surface area contributed by atoms with Crippen molar-refractivity contribution in [3.63, 3.8) is 0 Å². The van der Waals surface area contributed by atoms with Crippen molar-refractivity contribution in [1.29, 1.82) is 0 Å². The highest BCUT2D eigenvalue weighted by Crippen LogP contribution is 2.16. The Balaban J connectivity index is 2.05. The summed E-state index contributed by atoms with van der Waals surface area (Å²) in [5.74, 6) is 2.35. The Labute approximate surface area is 144 Å². The molecule has 0 aliphatic heterocycles. The molecule has 0 amide bonds. The van der Waals surface area contributed by atoms with Gasteiger partial charge in [-0.3, -0.25) is 0 Å². The fraction of sp³-hybridized carbons (Fsp3) is 0.500. The van der Waals surface area contributed by atoms with Crippen LogP contribution in [0.15, 0.2) is 24.3 Å². The lowest BCUT2D eigenvalue weighted by Crippen LogP contribution is -2.17. The number of rotatable bonds is 8. The summed E-state index contributed by atoms with van der Waals surface area (Å²) >= 11 is 0. The molecule has 1 heterocycles. The largest absolute Gasteiger partial charge is 0.385 e. The average molecular weight is 328 g/mol. The van der Waals surface area contributed by atoms with E-state index in [0.717, 1.165) is 24.5 Å². The SMILES string of the molecule is CCCNc1ccc(CNc2nc(C(C)C)nc(N(C)C)n2)cc1. The van der Waals surface area contributed by atoms with Crippen molar-refractivity contribution in [1.82, 2.24) is 15.0 Å². The highest BCUT2D eigenvalue weighted by atomic mass is 15.3. The molecule has 1 aromatic heterocycles. The highest BCUT2D eigenvalue weighted by Gasteiger charge is 2.10. The van der Waals surface area contributed by atoms with Crippen molar-refractivity contribution in [3.05, 3.63) is 35.7 Å². The van der Waals surface area contributed by atoms with Gasteiger partial charge in [0.05, 0.1) is 0 Å². The van der Waals surface area contributed by atoms with Crippen molar-refractivity contribution in [2.45, 2.75) is 39.7 Å². The van der Waals surface area contributed by atoms with Crippen LogP contribution in [0.2, 0.25) is 0 Å². The molecule has 130 valence electrons. The van der Waals surface area contributed by atoms with Crippen LogP contribution < -0.4 is 15.5 Å². The molecular weight excluding hydrogens is 300 g/mol. The van der Waals surface area contributed by atoms with Gasteiger partial charge < -0.3 is 15.5 Å². The molecule has 2 aromatic rings. The van der Waals surface area contributed by atoms with Crippen LogP contribution in [0.3, 0.4) is 0 Å². The van der Waals surface area contributed by atoms with E-state index in [1.54, 1.807) is 0 Å². The minimum absolute atomic E-state index is 0.260. The number of nitrogens with one attached hydrogen (secondary N) is 2. The second kappa shape index (κ2) is 8.47. The summed E-state index contributed by atoms with van der Waals surface area (Å²) in [6.07, 6.45) is 1.12. The number of benzene rings is 1. The van der Waals surface area contributed by atoms with Crippen molar-refractivity contribution >= 4 is 17.6 Å². The normalized spacial score (nSPS) is 10.8. The molecule has 1 aromatic carbocycles. The summed E-state index contributed by atoms with van der Waals surface area (Å²) in [6.45, 7) is 8.00. The van der Waals surface area contributed by atoms with Gasteiger partial charge in [-0.1, -0.05) is 32.9 Å². The van der Waals surface area contributed by atoms with Crippen LogP contribution in [-0.4, -0.2) is 35.6 Å². The topological polar surface area (TPSA) is 66.0 Å². The van der Waals surface area contributed by atoms with Crippen LogP contribution in [0.1, 0.15) is 44.5 Å². The van der Waals surface area contributed by atoms with Crippen LogP contribution in [0.4, 0.5) is 17.6 Å². The van der Waals surface area contributed by atoms with Gasteiger partial charge in [0.25, 0.3) is 0 Å². The summed E-state index contributed by atoms with van der Waals surface area (Å²) in [5.41, 5.74) is 2.34. The Morgan fingerprint density at radius 2 is 1.71 bits per heavy atom. The van der Waals surface area contributed by atoms with Crippen LogP contribution >= 0.6 is 0 Å². The summed E-state index contributed by atoms with van der Waals surface area (Å²) in [6, 6.07) is 8.43. The lowest BCUT2D eigenvalue weighted by atomic mass is 10.2. The molecule has 0 spiro atoms. The molecule has 0 unspecified atom stereocenters. The average Bonchev–Trinajstić information content (AvgIpc) is 2.58. The van der Waals surface area contributed by atoms with Crippen LogP contribution in [0, 0.1) is 0 Å². The van der Waals surface area contributed by atoms with Crippen LogP contribution in [0.25, 0.3) is 0 Å². The van der Waals surface area contributed by atoms with E-state index in [9.17, 15) is 0 Å². The molecule has 2 N–H and O–H groups in total. The fourth-order valence-electron chi connectivity index (χ4n) is 2.11. The molecule has 2 rings (SSSR count). The number of aromatic nitrogens is 3. The zero-order chi connectivity index (χ0) is 17.5. The minimum Gasteiger partial charge on any atom is -0.385 e. The van der Waals surface area contributed by atoms with Gasteiger partial charge in [-0.2, -0.15) is 15.0 Å². The maximum Gasteiger partial charge on any atom is 0.229 e. The Hall–Kier alpha value is -2.37. The molecule has 0 radical (unpaired) electrons. The smallest absolute Gasteiger partial charge is 0.229 e. The van der Waals surface area contributed by atoms with Crippen molar-refractivity contribution in [2.24, 2.45) is 0 Å². The minimum atomic E-state index is 0.260. The fourth-order valence-corrected chi connectivity index (χ4v) is 2.11. The van der Waals surface area contributed by atoms with Crippen molar-refractivity contribution in [3.8, 4) is 0 Å². The van der Waals surface area contributed by atoms with E-state index in [4.69, 9.17) is 0 Å². The number of hydrogen-bond acceptors (Lipinski definition) is 6. The third-order valence-electron chi connectivity index (χ3n) is 3.54. The second-order valence-corrected chi connectivity index (χ2v) is 6.34. The maximum atomic E-state index is 4.52. The standard InChI is InChI=1S/C18H28N6/c1-6-11-19-15-9-7-14(8-10-15)12-20-17-21-16(13(2)3)22-18(23-17)24(4)5/h7-10,13,19H,6,11-12H2,1-5H3,(H,20,21,22,23). The van der Waals surface area contributed by atoms with E-state index in [1.165, 1.54) is 5.56 Å². The highest BCUT2D eigenvalue weighted by molar-refractivity contribution is 5.45. The molecule has 0 saturated heterocycles. The third kappa shape index (κ3) is 5.08. The van der Waals surface area contributed by atoms with Crippen LogP contribution in [-0.2, 0) is 6.54 Å². The van der Waals surface area contributed by atoms with Crippen molar-refractivity contribution in [2.75, 3.05) is 36.2 Å². The first kappa shape index (κ1) is 18.0. The Kier molecular flexibility index (Phi) is 6.35. The van der Waals surface area contributed by atoms with Gasteiger partial charge in [-0.25, -0.2) is 0 Å². The van der Waals surface area contributed by atoms with Gasteiger partial charge in [0.15, 0.2) is 0 Å². The first-order valence-corrected chi connectivity index (χ1v) is 8.49. The lowest BCUT2D eigenvalue weighted by Gasteiger charge is -2.15. The van der Waals surface area contributed by atoms with Crippen molar-refractivity contribution < 1.29 is 0 Å². The van der Waals surface area contributed by atoms with E-state index in [0.29, 0.717) is 18.4 Å². The lowest BCUT2D eigenvalue weighted by molar-refractivity contribution is 0.754. The molecule has 24 heavy (non-hydrogen) atoms. The molecular formula is C18H28N6. The molecule has 0 saturated carbocycles.